The predicted molar refractivity (Wildman–Crippen MR) is 66.4 cm³/mol. The Morgan fingerprint density at radius 1 is 1.50 bits per heavy atom. The molecule has 0 saturated carbocycles. The molecule has 1 unspecified atom stereocenters. The molecule has 16 heavy (non-hydrogen) atoms. The summed E-state index contributed by atoms with van der Waals surface area (Å²) in [6, 6.07) is 0.502. The van der Waals surface area contributed by atoms with E-state index >= 15 is 0 Å². The average Bonchev–Trinajstić information content (AvgIpc) is 2.80. The van der Waals surface area contributed by atoms with Crippen molar-refractivity contribution in [1.29, 1.82) is 0 Å². The lowest BCUT2D eigenvalue weighted by Gasteiger charge is -2.31. The molecule has 1 aromatic rings. The van der Waals surface area contributed by atoms with E-state index in [-0.39, 0.29) is 5.54 Å². The van der Waals surface area contributed by atoms with Crippen LogP contribution in [0.1, 0.15) is 58.2 Å². The minimum Gasteiger partial charge on any atom is -0.328 e. The van der Waals surface area contributed by atoms with Gasteiger partial charge in [-0.15, -0.1) is 0 Å². The molecule has 0 spiro atoms. The van der Waals surface area contributed by atoms with E-state index in [9.17, 15) is 0 Å². The predicted octanol–water partition coefficient (Wildman–Crippen LogP) is 2.84. The molecule has 0 radical (unpaired) electrons. The van der Waals surface area contributed by atoms with Crippen LogP contribution in [0, 0.1) is 0 Å². The average molecular weight is 221 g/mol. The number of hydrogen-bond acceptors (Lipinski definition) is 2. The molecule has 90 valence electrons. The van der Waals surface area contributed by atoms with Crippen molar-refractivity contribution in [2.24, 2.45) is 0 Å². The fourth-order valence-corrected chi connectivity index (χ4v) is 2.34. The van der Waals surface area contributed by atoms with Crippen molar-refractivity contribution in [1.82, 2.24) is 14.9 Å². The van der Waals surface area contributed by atoms with Gasteiger partial charge in [-0.3, -0.25) is 0 Å². The topological polar surface area (TPSA) is 29.9 Å². The first kappa shape index (κ1) is 11.6. The van der Waals surface area contributed by atoms with E-state index in [0.717, 1.165) is 13.0 Å². The summed E-state index contributed by atoms with van der Waals surface area (Å²) in [6.07, 6.45) is 9.02. The van der Waals surface area contributed by atoms with Gasteiger partial charge in [-0.2, -0.15) is 0 Å². The van der Waals surface area contributed by atoms with E-state index in [2.05, 4.69) is 35.6 Å². The molecule has 1 aliphatic heterocycles. The van der Waals surface area contributed by atoms with Crippen LogP contribution in [0.5, 0.6) is 0 Å². The van der Waals surface area contributed by atoms with Gasteiger partial charge in [0.2, 0.25) is 0 Å². The number of hydrogen-bond donors (Lipinski definition) is 1. The van der Waals surface area contributed by atoms with Crippen LogP contribution in [0.4, 0.5) is 0 Å². The molecule has 3 nitrogen and oxygen atoms in total. The van der Waals surface area contributed by atoms with Crippen molar-refractivity contribution < 1.29 is 0 Å². The monoisotopic (exact) mass is 221 g/mol. The van der Waals surface area contributed by atoms with E-state index < -0.39 is 0 Å². The van der Waals surface area contributed by atoms with Crippen LogP contribution in [0.3, 0.4) is 0 Å². The van der Waals surface area contributed by atoms with Crippen molar-refractivity contribution in [2.75, 3.05) is 6.54 Å². The highest BCUT2D eigenvalue weighted by Crippen LogP contribution is 2.28. The lowest BCUT2D eigenvalue weighted by atomic mass is 9.98. The summed E-state index contributed by atoms with van der Waals surface area (Å²) in [7, 11) is 0. The molecule has 0 amide bonds. The van der Waals surface area contributed by atoms with Gasteiger partial charge in [0, 0.05) is 17.8 Å². The third-order valence-electron chi connectivity index (χ3n) is 3.85. The number of piperidine rings is 1. The van der Waals surface area contributed by atoms with E-state index in [1.165, 1.54) is 25.0 Å². The third-order valence-corrected chi connectivity index (χ3v) is 3.85. The maximum Gasteiger partial charge on any atom is 0.0953 e. The van der Waals surface area contributed by atoms with Gasteiger partial charge in [-0.05, 0) is 39.7 Å². The summed E-state index contributed by atoms with van der Waals surface area (Å²) in [5, 5.41) is 3.60. The van der Waals surface area contributed by atoms with Crippen molar-refractivity contribution in [3.05, 3.63) is 18.2 Å². The van der Waals surface area contributed by atoms with Crippen LogP contribution in [0.15, 0.2) is 12.5 Å². The van der Waals surface area contributed by atoms with Gasteiger partial charge in [0.25, 0.3) is 0 Å². The van der Waals surface area contributed by atoms with Crippen molar-refractivity contribution in [2.45, 2.75) is 58.0 Å². The molecular weight excluding hydrogens is 198 g/mol. The van der Waals surface area contributed by atoms with Crippen molar-refractivity contribution in [3.63, 3.8) is 0 Å². The summed E-state index contributed by atoms with van der Waals surface area (Å²) < 4.78 is 2.34. The standard InChI is InChI=1S/C13H23N3/c1-4-13(2,3)16-10-14-9-12(16)11-7-5-6-8-15-11/h9-11,15H,4-8H2,1-3H3. The molecule has 0 bridgehead atoms. The summed E-state index contributed by atoms with van der Waals surface area (Å²) in [4.78, 5) is 4.33. The SMILES string of the molecule is CCC(C)(C)n1cncc1C1CCCCN1. The van der Waals surface area contributed by atoms with Gasteiger partial charge in [-0.1, -0.05) is 13.3 Å². The highest BCUT2D eigenvalue weighted by molar-refractivity contribution is 5.09. The zero-order chi connectivity index (χ0) is 11.6. The second kappa shape index (κ2) is 4.58. The zero-order valence-electron chi connectivity index (χ0n) is 10.7. The Labute approximate surface area is 98.3 Å². The van der Waals surface area contributed by atoms with Crippen LogP contribution in [-0.4, -0.2) is 16.1 Å². The van der Waals surface area contributed by atoms with Crippen LogP contribution in [-0.2, 0) is 5.54 Å². The second-order valence-corrected chi connectivity index (χ2v) is 5.36. The molecular formula is C13H23N3. The van der Waals surface area contributed by atoms with Crippen LogP contribution in [0.2, 0.25) is 0 Å². The van der Waals surface area contributed by atoms with Gasteiger partial charge in [0.05, 0.1) is 12.0 Å². The fourth-order valence-electron chi connectivity index (χ4n) is 2.34. The molecule has 1 saturated heterocycles. The summed E-state index contributed by atoms with van der Waals surface area (Å²) >= 11 is 0. The molecule has 2 rings (SSSR count). The Morgan fingerprint density at radius 3 is 2.94 bits per heavy atom. The fraction of sp³-hybridized carbons (Fsp3) is 0.769. The summed E-state index contributed by atoms with van der Waals surface area (Å²) in [5.41, 5.74) is 1.52. The van der Waals surface area contributed by atoms with Crippen LogP contribution < -0.4 is 5.32 Å². The maximum absolute atomic E-state index is 4.33. The first-order valence-corrected chi connectivity index (χ1v) is 6.41. The minimum atomic E-state index is 0.172. The molecule has 3 heteroatoms. The molecule has 1 aromatic heterocycles. The molecule has 0 aliphatic carbocycles. The lowest BCUT2D eigenvalue weighted by Crippen LogP contribution is -2.33. The number of nitrogens with one attached hydrogen (secondary N) is 1. The quantitative estimate of drug-likeness (QED) is 0.850. The Morgan fingerprint density at radius 2 is 2.31 bits per heavy atom. The van der Waals surface area contributed by atoms with E-state index in [4.69, 9.17) is 0 Å². The number of aromatic nitrogens is 2. The molecule has 0 aromatic carbocycles. The normalized spacial score (nSPS) is 22.3. The first-order valence-electron chi connectivity index (χ1n) is 6.41. The van der Waals surface area contributed by atoms with Gasteiger partial charge in [0.1, 0.15) is 0 Å². The van der Waals surface area contributed by atoms with Crippen molar-refractivity contribution >= 4 is 0 Å². The molecule has 1 N–H and O–H groups in total. The van der Waals surface area contributed by atoms with E-state index in [1.807, 2.05) is 12.5 Å². The summed E-state index contributed by atoms with van der Waals surface area (Å²) in [6.45, 7) is 7.93. The number of imidazole rings is 1. The largest absolute Gasteiger partial charge is 0.328 e. The van der Waals surface area contributed by atoms with E-state index in [1.54, 1.807) is 0 Å². The Bertz CT molecular complexity index is 335. The highest BCUT2D eigenvalue weighted by Gasteiger charge is 2.25. The highest BCUT2D eigenvalue weighted by atomic mass is 15.1. The first-order chi connectivity index (χ1) is 7.65. The van der Waals surface area contributed by atoms with Gasteiger partial charge in [-0.25, -0.2) is 4.98 Å². The molecule has 1 fully saturated rings. The van der Waals surface area contributed by atoms with E-state index in [0.29, 0.717) is 6.04 Å². The molecule has 1 atom stereocenters. The van der Waals surface area contributed by atoms with Gasteiger partial charge in [0.15, 0.2) is 0 Å². The Balaban J connectivity index is 2.24. The minimum absolute atomic E-state index is 0.172. The lowest BCUT2D eigenvalue weighted by molar-refractivity contribution is 0.306. The van der Waals surface area contributed by atoms with Crippen molar-refractivity contribution in [3.8, 4) is 0 Å². The van der Waals surface area contributed by atoms with Gasteiger partial charge < -0.3 is 9.88 Å². The number of rotatable bonds is 3. The molecule has 2 heterocycles. The third kappa shape index (κ3) is 2.14. The number of nitrogens with zero attached hydrogens (tertiary/aromatic N) is 2. The molecule has 1 aliphatic rings. The Kier molecular flexibility index (Phi) is 3.33. The van der Waals surface area contributed by atoms with Crippen LogP contribution >= 0.6 is 0 Å². The van der Waals surface area contributed by atoms with Gasteiger partial charge >= 0.3 is 0 Å². The second-order valence-electron chi connectivity index (χ2n) is 5.36. The smallest absolute Gasteiger partial charge is 0.0953 e. The Hall–Kier alpha value is -0.830. The maximum atomic E-state index is 4.33. The summed E-state index contributed by atoms with van der Waals surface area (Å²) in [5.74, 6) is 0. The zero-order valence-corrected chi connectivity index (χ0v) is 10.7. The van der Waals surface area contributed by atoms with Crippen LogP contribution in [0.25, 0.3) is 0 Å².